The molecule has 1 saturated heterocycles. The highest BCUT2D eigenvalue weighted by Gasteiger charge is 2.41. The summed E-state index contributed by atoms with van der Waals surface area (Å²) in [6.45, 7) is 8.65. The van der Waals surface area contributed by atoms with Gasteiger partial charge in [-0.25, -0.2) is 9.69 Å². The molecule has 2 rings (SSSR count). The number of carbonyl (C=O) groups is 1. The van der Waals surface area contributed by atoms with Crippen LogP contribution in [0.15, 0.2) is 4.52 Å². The SMILES string of the molecule is CCCCCCN1CC(O)N(c2noc(C(C)(C)C)c2C#N)C1=O. The van der Waals surface area contributed by atoms with E-state index in [4.69, 9.17) is 4.52 Å². The highest BCUT2D eigenvalue weighted by molar-refractivity contribution is 5.95. The standard InChI is InChI=1S/C17H26N4O3/c1-5-6-7-8-9-20-11-13(22)21(16(20)23)15-12(10-18)14(24-19-15)17(2,3)4/h13,22H,5-9,11H2,1-4H3. The maximum absolute atomic E-state index is 12.6. The highest BCUT2D eigenvalue weighted by atomic mass is 16.5. The Hall–Kier alpha value is -2.07. The van der Waals surface area contributed by atoms with Crippen LogP contribution < -0.4 is 4.90 Å². The molecule has 1 unspecified atom stereocenters. The monoisotopic (exact) mass is 334 g/mol. The molecule has 1 atom stereocenters. The smallest absolute Gasteiger partial charge is 0.328 e. The molecule has 1 N–H and O–H groups in total. The van der Waals surface area contributed by atoms with Crippen LogP contribution in [0.1, 0.15) is 64.7 Å². The number of hydrogen-bond acceptors (Lipinski definition) is 5. The second-order valence-electron chi connectivity index (χ2n) is 7.21. The van der Waals surface area contributed by atoms with Crippen molar-refractivity contribution in [1.29, 1.82) is 5.26 Å². The van der Waals surface area contributed by atoms with Crippen molar-refractivity contribution >= 4 is 11.8 Å². The maximum Gasteiger partial charge on any atom is 0.328 e. The van der Waals surface area contributed by atoms with Crippen LogP contribution in [-0.4, -0.2) is 40.5 Å². The lowest BCUT2D eigenvalue weighted by atomic mass is 9.90. The van der Waals surface area contributed by atoms with Crippen molar-refractivity contribution in [1.82, 2.24) is 10.1 Å². The van der Waals surface area contributed by atoms with E-state index >= 15 is 0 Å². The molecule has 7 nitrogen and oxygen atoms in total. The molecule has 1 aliphatic rings. The zero-order valence-electron chi connectivity index (χ0n) is 14.9. The molecule has 24 heavy (non-hydrogen) atoms. The Kier molecular flexibility index (Phi) is 5.50. The summed E-state index contributed by atoms with van der Waals surface area (Å²) in [7, 11) is 0. The van der Waals surface area contributed by atoms with Crippen LogP contribution >= 0.6 is 0 Å². The van der Waals surface area contributed by atoms with Gasteiger partial charge in [-0.15, -0.1) is 0 Å². The van der Waals surface area contributed by atoms with Crippen molar-refractivity contribution in [2.45, 2.75) is 65.0 Å². The third-order valence-electron chi connectivity index (χ3n) is 4.14. The number of aliphatic hydroxyl groups excluding tert-OH is 1. The first-order valence-corrected chi connectivity index (χ1v) is 8.47. The van der Waals surface area contributed by atoms with Gasteiger partial charge in [0.15, 0.2) is 12.0 Å². The predicted octanol–water partition coefficient (Wildman–Crippen LogP) is 2.98. The summed E-state index contributed by atoms with van der Waals surface area (Å²) in [5.74, 6) is 0.525. The summed E-state index contributed by atoms with van der Waals surface area (Å²) in [6, 6.07) is 1.73. The lowest BCUT2D eigenvalue weighted by Crippen LogP contribution is -2.36. The van der Waals surface area contributed by atoms with Crippen molar-refractivity contribution in [2.24, 2.45) is 0 Å². The predicted molar refractivity (Wildman–Crippen MR) is 89.5 cm³/mol. The Morgan fingerprint density at radius 3 is 2.67 bits per heavy atom. The van der Waals surface area contributed by atoms with Crippen LogP contribution in [-0.2, 0) is 5.41 Å². The van der Waals surface area contributed by atoms with E-state index in [1.165, 1.54) is 0 Å². The van der Waals surface area contributed by atoms with Crippen LogP contribution in [0.2, 0.25) is 0 Å². The van der Waals surface area contributed by atoms with Crippen molar-refractivity contribution < 1.29 is 14.4 Å². The molecule has 7 heteroatoms. The minimum absolute atomic E-state index is 0.107. The summed E-state index contributed by atoms with van der Waals surface area (Å²) in [5.41, 5.74) is -0.202. The van der Waals surface area contributed by atoms with Gasteiger partial charge in [0, 0.05) is 12.0 Å². The number of β-amino-alcohol motifs (C(OH)–C–C–N with tert-alkyl or cyclic N) is 1. The molecule has 1 aromatic rings. The van der Waals surface area contributed by atoms with Gasteiger partial charge in [0.2, 0.25) is 5.82 Å². The summed E-state index contributed by atoms with van der Waals surface area (Å²) in [5, 5.41) is 23.7. The number of nitriles is 1. The number of hydrogen-bond donors (Lipinski definition) is 1. The van der Waals surface area contributed by atoms with Gasteiger partial charge in [-0.2, -0.15) is 5.26 Å². The average molecular weight is 334 g/mol. The van der Waals surface area contributed by atoms with Crippen LogP contribution in [0.25, 0.3) is 0 Å². The zero-order chi connectivity index (χ0) is 17.9. The molecule has 0 spiro atoms. The van der Waals surface area contributed by atoms with Crippen molar-refractivity contribution in [2.75, 3.05) is 18.0 Å². The maximum atomic E-state index is 12.6. The van der Waals surface area contributed by atoms with E-state index in [9.17, 15) is 15.2 Å². The largest absolute Gasteiger partial charge is 0.371 e. The Morgan fingerprint density at radius 2 is 2.08 bits per heavy atom. The Bertz CT molecular complexity index is 627. The number of carbonyl (C=O) groups excluding carboxylic acids is 1. The summed E-state index contributed by atoms with van der Waals surface area (Å²) < 4.78 is 5.31. The molecule has 2 amide bonds. The first-order chi connectivity index (χ1) is 11.3. The van der Waals surface area contributed by atoms with Gasteiger partial charge in [0.25, 0.3) is 0 Å². The fraction of sp³-hybridized carbons (Fsp3) is 0.706. The molecule has 0 aromatic carbocycles. The van der Waals surface area contributed by atoms with E-state index in [0.29, 0.717) is 12.3 Å². The summed E-state index contributed by atoms with van der Waals surface area (Å²) >= 11 is 0. The van der Waals surface area contributed by atoms with Crippen LogP contribution in [0, 0.1) is 11.3 Å². The Balaban J connectivity index is 2.19. The molecule has 1 aromatic heterocycles. The normalized spacial score (nSPS) is 18.3. The van der Waals surface area contributed by atoms with Crippen LogP contribution in [0.3, 0.4) is 0 Å². The van der Waals surface area contributed by atoms with Crippen molar-refractivity contribution in [3.63, 3.8) is 0 Å². The average Bonchev–Trinajstić information content (AvgIpc) is 3.04. The molecule has 0 aliphatic carbocycles. The second kappa shape index (κ2) is 7.22. The van der Waals surface area contributed by atoms with E-state index < -0.39 is 11.6 Å². The lowest BCUT2D eigenvalue weighted by molar-refractivity contribution is 0.175. The first kappa shape index (κ1) is 18.3. The number of rotatable bonds is 6. The fourth-order valence-electron chi connectivity index (χ4n) is 2.84. The molecule has 132 valence electrons. The molecule has 0 radical (unpaired) electrons. The van der Waals surface area contributed by atoms with Gasteiger partial charge in [-0.05, 0) is 6.42 Å². The van der Waals surface area contributed by atoms with Crippen LogP contribution in [0.5, 0.6) is 0 Å². The number of aliphatic hydroxyl groups is 1. The fourth-order valence-corrected chi connectivity index (χ4v) is 2.84. The third kappa shape index (κ3) is 3.54. The molecule has 0 bridgehead atoms. The minimum Gasteiger partial charge on any atom is -0.371 e. The third-order valence-corrected chi connectivity index (χ3v) is 4.14. The van der Waals surface area contributed by atoms with Crippen molar-refractivity contribution in [3.8, 4) is 6.07 Å². The van der Waals surface area contributed by atoms with Gasteiger partial charge in [-0.3, -0.25) is 0 Å². The summed E-state index contributed by atoms with van der Waals surface area (Å²) in [6.07, 6.45) is 3.19. The topological polar surface area (TPSA) is 93.6 Å². The van der Waals surface area contributed by atoms with E-state index in [1.807, 2.05) is 20.8 Å². The van der Waals surface area contributed by atoms with Gasteiger partial charge in [-0.1, -0.05) is 52.1 Å². The zero-order valence-corrected chi connectivity index (χ0v) is 14.9. The number of nitrogens with zero attached hydrogens (tertiary/aromatic N) is 4. The van der Waals surface area contributed by atoms with Crippen molar-refractivity contribution in [3.05, 3.63) is 11.3 Å². The number of amides is 2. The van der Waals surface area contributed by atoms with Gasteiger partial charge in [0.05, 0.1) is 6.54 Å². The Labute approximate surface area is 142 Å². The lowest BCUT2D eigenvalue weighted by Gasteiger charge is -2.18. The molecular formula is C17H26N4O3. The molecular weight excluding hydrogens is 308 g/mol. The molecule has 2 heterocycles. The van der Waals surface area contributed by atoms with E-state index in [0.717, 1.165) is 30.6 Å². The Morgan fingerprint density at radius 1 is 1.38 bits per heavy atom. The van der Waals surface area contributed by atoms with Gasteiger partial charge < -0.3 is 14.5 Å². The van der Waals surface area contributed by atoms with Gasteiger partial charge >= 0.3 is 6.03 Å². The summed E-state index contributed by atoms with van der Waals surface area (Å²) in [4.78, 5) is 15.4. The first-order valence-electron chi connectivity index (χ1n) is 8.47. The van der Waals surface area contributed by atoms with E-state index in [2.05, 4.69) is 18.1 Å². The van der Waals surface area contributed by atoms with E-state index in [1.54, 1.807) is 4.90 Å². The minimum atomic E-state index is -1.02. The number of unbranched alkanes of at least 4 members (excludes halogenated alkanes) is 3. The van der Waals surface area contributed by atoms with Crippen LogP contribution in [0.4, 0.5) is 10.6 Å². The molecule has 1 fully saturated rings. The highest BCUT2D eigenvalue weighted by Crippen LogP contribution is 2.34. The number of aromatic nitrogens is 1. The van der Waals surface area contributed by atoms with E-state index in [-0.39, 0.29) is 24.0 Å². The second-order valence-corrected chi connectivity index (χ2v) is 7.21. The number of anilines is 1. The number of urea groups is 1. The van der Waals surface area contributed by atoms with Gasteiger partial charge in [0.1, 0.15) is 11.6 Å². The molecule has 1 aliphatic heterocycles. The quantitative estimate of drug-likeness (QED) is 0.807. The molecule has 0 saturated carbocycles.